The van der Waals surface area contributed by atoms with Gasteiger partial charge in [0, 0.05) is 80.2 Å². The lowest BCUT2D eigenvalue weighted by Crippen LogP contribution is -2.51. The first-order chi connectivity index (χ1) is 22.2. The Kier molecular flexibility index (Phi) is 7.84. The minimum absolute atomic E-state index is 0.0741. The largest absolute Gasteiger partial charge is 0.357 e. The maximum atomic E-state index is 14.8. The normalized spacial score (nSPS) is 22.8. The number of rotatable bonds is 9. The predicted octanol–water partition coefficient (Wildman–Crippen LogP) is 4.17. The molecule has 0 bridgehead atoms. The summed E-state index contributed by atoms with van der Waals surface area (Å²) in [5.74, 6) is -0.244. The molecule has 3 aliphatic rings. The van der Waals surface area contributed by atoms with Crippen LogP contribution >= 0.6 is 27.3 Å². The quantitative estimate of drug-likeness (QED) is 0.202. The number of allylic oxidation sites excluding steroid dienone is 1. The van der Waals surface area contributed by atoms with E-state index >= 15 is 0 Å². The summed E-state index contributed by atoms with van der Waals surface area (Å²) >= 11 is 4.52. The number of fused-ring (bicyclic) bond motifs is 1. The molecule has 2 atom stereocenters. The van der Waals surface area contributed by atoms with Crippen LogP contribution in [-0.4, -0.2) is 64.0 Å². The fourth-order valence-electron chi connectivity index (χ4n) is 6.62. The molecule has 7 rings (SSSR count). The van der Waals surface area contributed by atoms with Crippen LogP contribution in [-0.2, 0) is 27.7 Å². The third-order valence-electron chi connectivity index (χ3n) is 8.89. The number of thiophene rings is 1. The van der Waals surface area contributed by atoms with Crippen molar-refractivity contribution in [2.75, 3.05) is 13.1 Å². The van der Waals surface area contributed by atoms with Crippen LogP contribution in [0.1, 0.15) is 27.0 Å². The van der Waals surface area contributed by atoms with E-state index in [2.05, 4.69) is 37.3 Å². The number of piperidine rings is 1. The Morgan fingerprint density at radius 1 is 0.978 bits per heavy atom. The van der Waals surface area contributed by atoms with Gasteiger partial charge in [-0.15, -0.1) is 11.3 Å². The second-order valence-electron chi connectivity index (χ2n) is 11.7. The lowest BCUT2D eigenvalue weighted by atomic mass is 9.85. The van der Waals surface area contributed by atoms with Crippen molar-refractivity contribution in [3.05, 3.63) is 123 Å². The van der Waals surface area contributed by atoms with Crippen LogP contribution in [0.3, 0.4) is 0 Å². The lowest BCUT2D eigenvalue weighted by molar-refractivity contribution is -0.132. The highest BCUT2D eigenvalue weighted by Crippen LogP contribution is 2.53. The Morgan fingerprint density at radius 2 is 1.57 bits per heavy atom. The number of amides is 1. The Morgan fingerprint density at radius 3 is 2.09 bits per heavy atom. The van der Waals surface area contributed by atoms with Gasteiger partial charge in [0.25, 0.3) is 15.9 Å². The fraction of sp³-hybridized carbons (Fsp3) is 0.242. The van der Waals surface area contributed by atoms with Gasteiger partial charge < -0.3 is 5.32 Å². The molecule has 2 saturated heterocycles. The van der Waals surface area contributed by atoms with Crippen molar-refractivity contribution in [3.63, 3.8) is 0 Å². The number of benzene rings is 1. The number of nitrogens with zero attached hydrogens (tertiary/aromatic N) is 5. The maximum Gasteiger partial charge on any atom is 0.254 e. The Bertz CT molecular complexity index is 1940. The molecule has 3 aromatic heterocycles. The summed E-state index contributed by atoms with van der Waals surface area (Å²) in [6.07, 6.45) is 8.87. The van der Waals surface area contributed by atoms with E-state index in [0.29, 0.717) is 29.8 Å². The van der Waals surface area contributed by atoms with Crippen molar-refractivity contribution in [1.29, 1.82) is 5.26 Å². The predicted molar refractivity (Wildman–Crippen MR) is 174 cm³/mol. The molecule has 1 amide bonds. The van der Waals surface area contributed by atoms with Crippen LogP contribution in [0, 0.1) is 23.2 Å². The number of sulfonamides is 1. The van der Waals surface area contributed by atoms with Gasteiger partial charge >= 0.3 is 0 Å². The number of hydrogen-bond donors (Lipinski definition) is 1. The van der Waals surface area contributed by atoms with Gasteiger partial charge in [-0.2, -0.15) is 9.57 Å². The molecule has 0 spiro atoms. The zero-order chi connectivity index (χ0) is 32.1. The fourth-order valence-corrected chi connectivity index (χ4v) is 10.3. The molecule has 2 unspecified atom stereocenters. The molecule has 13 heteroatoms. The lowest BCUT2D eigenvalue weighted by Gasteiger charge is -2.28. The van der Waals surface area contributed by atoms with Gasteiger partial charge in [-0.3, -0.25) is 24.5 Å². The summed E-state index contributed by atoms with van der Waals surface area (Å²) in [4.78, 5) is 38.3. The van der Waals surface area contributed by atoms with Gasteiger partial charge in [-0.25, -0.2) is 8.42 Å². The molecule has 0 radical (unpaired) electrons. The number of nitriles is 1. The summed E-state index contributed by atoms with van der Waals surface area (Å²) in [6, 6.07) is 18.9. The number of aromatic nitrogens is 2. The van der Waals surface area contributed by atoms with Crippen molar-refractivity contribution in [3.8, 4) is 6.07 Å². The number of carbonyl (C=O) groups is 2. The van der Waals surface area contributed by atoms with Gasteiger partial charge in [0.2, 0.25) is 0 Å². The molecule has 1 saturated carbocycles. The van der Waals surface area contributed by atoms with Gasteiger partial charge in [-0.05, 0) is 87.7 Å². The molecule has 46 heavy (non-hydrogen) atoms. The van der Waals surface area contributed by atoms with E-state index in [0.717, 1.165) is 14.9 Å². The highest BCUT2D eigenvalue weighted by Gasteiger charge is 2.65. The van der Waals surface area contributed by atoms with E-state index < -0.39 is 15.6 Å². The van der Waals surface area contributed by atoms with Crippen molar-refractivity contribution >= 4 is 49.0 Å². The van der Waals surface area contributed by atoms with Crippen LogP contribution < -0.4 is 5.32 Å². The highest BCUT2D eigenvalue weighted by molar-refractivity contribution is 9.11. The number of carbonyl (C=O) groups excluding carboxylic acids is 2. The minimum atomic E-state index is -3.66. The summed E-state index contributed by atoms with van der Waals surface area (Å²) < 4.78 is 29.2. The smallest absolute Gasteiger partial charge is 0.254 e. The second-order valence-corrected chi connectivity index (χ2v) is 16.4. The molecule has 3 fully saturated rings. The first kappa shape index (κ1) is 30.4. The van der Waals surface area contributed by atoms with E-state index in [1.54, 1.807) is 66.1 Å². The molecule has 10 nitrogen and oxygen atoms in total. The van der Waals surface area contributed by atoms with E-state index in [-0.39, 0.29) is 46.9 Å². The minimum Gasteiger partial charge on any atom is -0.357 e. The molecule has 2 aliphatic heterocycles. The van der Waals surface area contributed by atoms with Crippen molar-refractivity contribution in [2.45, 2.75) is 28.6 Å². The van der Waals surface area contributed by atoms with E-state index in [4.69, 9.17) is 0 Å². The Balaban J connectivity index is 1.24. The van der Waals surface area contributed by atoms with Crippen LogP contribution in [0.4, 0.5) is 0 Å². The number of halogens is 1. The van der Waals surface area contributed by atoms with Crippen LogP contribution in [0.25, 0.3) is 0 Å². The summed E-state index contributed by atoms with van der Waals surface area (Å²) in [7, 11) is -3.66. The van der Waals surface area contributed by atoms with Crippen molar-refractivity contribution in [2.24, 2.45) is 11.8 Å². The average molecular weight is 716 g/mol. The third-order valence-corrected chi connectivity index (χ3v) is 12.8. The topological polar surface area (TPSA) is 136 Å². The van der Waals surface area contributed by atoms with Crippen LogP contribution in [0.15, 0.2) is 105 Å². The highest BCUT2D eigenvalue weighted by atomic mass is 79.9. The van der Waals surface area contributed by atoms with Crippen LogP contribution in [0.5, 0.6) is 0 Å². The number of ketones is 1. The zero-order valence-corrected chi connectivity index (χ0v) is 27.5. The molecule has 4 aromatic rings. The number of nitrogens with one attached hydrogen (secondary N) is 1. The number of pyridine rings is 2. The standard InChI is InChI=1S/C33H27BrN6O4S2/c34-28-5-6-30(45-28)46(43,44)39-19-25-26(20-39)31(25)40-29(15-27(41)24-3-1-23(18-35)2-4-24)38-33(32(40)42,16-21-7-11-36-12-8-21)17-22-9-13-37-14-10-22/h1-15,25-26,31,38H,16-17,19-20H2/b29-15+. The van der Waals surface area contributed by atoms with Gasteiger partial charge in [-0.1, -0.05) is 0 Å². The number of hydrogen-bond acceptors (Lipinski definition) is 9. The second kappa shape index (κ2) is 11.9. The zero-order valence-electron chi connectivity index (χ0n) is 24.3. The molecule has 5 heterocycles. The first-order valence-corrected chi connectivity index (χ1v) is 17.6. The van der Waals surface area contributed by atoms with Crippen molar-refractivity contribution < 1.29 is 18.0 Å². The maximum absolute atomic E-state index is 14.8. The Labute approximate surface area is 278 Å². The average Bonchev–Trinajstić information content (AvgIpc) is 3.39. The van der Waals surface area contributed by atoms with Crippen molar-refractivity contribution in [1.82, 2.24) is 24.5 Å². The molecule has 1 aliphatic carbocycles. The molecule has 232 valence electrons. The van der Waals surface area contributed by atoms with Gasteiger partial charge in [0.1, 0.15) is 15.6 Å². The van der Waals surface area contributed by atoms with E-state index in [1.165, 1.54) is 21.7 Å². The first-order valence-electron chi connectivity index (χ1n) is 14.6. The molecule has 1 aromatic carbocycles. The molecular formula is C33H27BrN6O4S2. The van der Waals surface area contributed by atoms with E-state index in [9.17, 15) is 23.3 Å². The van der Waals surface area contributed by atoms with Gasteiger partial charge in [0.05, 0.1) is 15.4 Å². The molecule has 1 N–H and O–H groups in total. The summed E-state index contributed by atoms with van der Waals surface area (Å²) in [5, 5.41) is 12.7. The summed E-state index contributed by atoms with van der Waals surface area (Å²) in [6.45, 7) is 0.574. The SMILES string of the molecule is N#Cc1ccc(C(=O)/C=C2\NC(Cc3ccncc3)(Cc3ccncc3)C(=O)N2C2C3CN(S(=O)(=O)c4ccc(Br)s4)CC32)cc1. The van der Waals surface area contributed by atoms with Gasteiger partial charge in [0.15, 0.2) is 5.78 Å². The Hall–Kier alpha value is -4.22. The van der Waals surface area contributed by atoms with E-state index in [1.807, 2.05) is 24.3 Å². The summed E-state index contributed by atoms with van der Waals surface area (Å²) in [5.41, 5.74) is 1.51. The third kappa shape index (κ3) is 5.55. The monoisotopic (exact) mass is 714 g/mol. The van der Waals surface area contributed by atoms with Crippen LogP contribution in [0.2, 0.25) is 0 Å². The molecular weight excluding hydrogens is 688 g/mol.